The number of carbonyl (C=O) groups excluding carboxylic acids is 3. The molecule has 0 bridgehead atoms. The molecule has 1 unspecified atom stereocenters. The first-order valence-electron chi connectivity index (χ1n) is 12.6. The Morgan fingerprint density at radius 1 is 0.816 bits per heavy atom. The molecule has 190 valence electrons. The number of fused-ring (bicyclic) bond motifs is 1. The fraction of sp³-hybridized carbons (Fsp3) is 0.152. The van der Waals surface area contributed by atoms with Crippen molar-refractivity contribution in [1.82, 2.24) is 9.88 Å². The van der Waals surface area contributed by atoms with Crippen LogP contribution < -0.4 is 5.32 Å². The Morgan fingerprint density at radius 3 is 2.05 bits per heavy atom. The first-order valence-corrected chi connectivity index (χ1v) is 12.6. The van der Waals surface area contributed by atoms with Gasteiger partial charge >= 0.3 is 6.15 Å². The van der Waals surface area contributed by atoms with Crippen molar-refractivity contribution in [2.24, 2.45) is 0 Å². The molecular weight excluding hydrogens is 472 g/mol. The van der Waals surface area contributed by atoms with E-state index in [1.54, 1.807) is 0 Å². The Labute approximate surface area is 222 Å². The molecule has 38 heavy (non-hydrogen) atoms. The van der Waals surface area contributed by atoms with Crippen molar-refractivity contribution >= 4 is 23.0 Å². The van der Waals surface area contributed by atoms with Crippen molar-refractivity contribution in [3.8, 4) is 11.1 Å². The van der Waals surface area contributed by atoms with E-state index < -0.39 is 0 Å². The molecule has 1 heterocycles. The molecule has 1 atom stereocenters. The van der Waals surface area contributed by atoms with Crippen molar-refractivity contribution in [3.63, 3.8) is 0 Å². The zero-order chi connectivity index (χ0) is 26.9. The van der Waals surface area contributed by atoms with Crippen LogP contribution in [0.3, 0.4) is 0 Å². The van der Waals surface area contributed by atoms with Crippen molar-refractivity contribution in [3.05, 3.63) is 132 Å². The molecule has 5 nitrogen and oxygen atoms in total. The summed E-state index contributed by atoms with van der Waals surface area (Å²) in [5.74, 6) is -0.0375. The van der Waals surface area contributed by atoms with Gasteiger partial charge in [-0.05, 0) is 59.9 Å². The van der Waals surface area contributed by atoms with Gasteiger partial charge in [-0.3, -0.25) is 4.79 Å². The van der Waals surface area contributed by atoms with Gasteiger partial charge in [-0.2, -0.15) is 9.59 Å². The fourth-order valence-electron chi connectivity index (χ4n) is 4.72. The van der Waals surface area contributed by atoms with E-state index in [-0.39, 0.29) is 18.1 Å². The zero-order valence-corrected chi connectivity index (χ0v) is 21.6. The van der Waals surface area contributed by atoms with Crippen LogP contribution in [0.15, 0.2) is 109 Å². The summed E-state index contributed by atoms with van der Waals surface area (Å²) in [5.41, 5.74) is 7.84. The highest BCUT2D eigenvalue weighted by Gasteiger charge is 2.15. The van der Waals surface area contributed by atoms with Crippen LogP contribution in [0.25, 0.3) is 22.0 Å². The number of nitrogens with one attached hydrogen (secondary N) is 1. The molecule has 0 radical (unpaired) electrons. The molecule has 0 aliphatic rings. The van der Waals surface area contributed by atoms with E-state index in [1.807, 2.05) is 36.4 Å². The van der Waals surface area contributed by atoms with Gasteiger partial charge in [0, 0.05) is 28.7 Å². The van der Waals surface area contributed by atoms with E-state index in [2.05, 4.69) is 96.5 Å². The standard InChI is InChI=1S/C32H30N2O.CO2/c1-3-30(27-12-8-5-9-13-27)33-32(35)28-18-19-31-29(21-28)20-23(2)34(31)22-24-14-16-26(17-15-24)25-10-6-4-7-11-25;2-1-3/h4-21,30H,3,22H2,1-2H3,(H,33,35);. The van der Waals surface area contributed by atoms with Crippen molar-refractivity contribution < 1.29 is 14.4 Å². The number of aryl methyl sites for hydroxylation is 1. The molecule has 1 N–H and O–H groups in total. The van der Waals surface area contributed by atoms with Gasteiger partial charge in [-0.1, -0.05) is 91.9 Å². The highest BCUT2D eigenvalue weighted by Crippen LogP contribution is 2.25. The molecular formula is C33H30N2O3. The summed E-state index contributed by atoms with van der Waals surface area (Å²) in [5, 5.41) is 4.29. The molecule has 4 aromatic carbocycles. The SMILES string of the molecule is CCC(NC(=O)c1ccc2c(c1)cc(C)n2Cc1ccc(-c2ccccc2)cc1)c1ccccc1.O=C=O. The summed E-state index contributed by atoms with van der Waals surface area (Å²) in [6, 6.07) is 37.5. The van der Waals surface area contributed by atoms with Crippen LogP contribution in [-0.2, 0) is 16.1 Å². The maximum Gasteiger partial charge on any atom is 0.373 e. The van der Waals surface area contributed by atoms with Crippen molar-refractivity contribution in [2.45, 2.75) is 32.9 Å². The van der Waals surface area contributed by atoms with Gasteiger partial charge in [0.25, 0.3) is 5.91 Å². The fourth-order valence-corrected chi connectivity index (χ4v) is 4.72. The maximum atomic E-state index is 13.0. The lowest BCUT2D eigenvalue weighted by atomic mass is 10.0. The molecule has 0 aliphatic carbocycles. The van der Waals surface area contributed by atoms with E-state index in [9.17, 15) is 4.79 Å². The number of rotatable bonds is 7. The van der Waals surface area contributed by atoms with Crippen LogP contribution in [0.5, 0.6) is 0 Å². The monoisotopic (exact) mass is 502 g/mol. The normalized spacial score (nSPS) is 11.2. The van der Waals surface area contributed by atoms with Gasteiger partial charge in [-0.15, -0.1) is 0 Å². The van der Waals surface area contributed by atoms with Crippen LogP contribution in [0.2, 0.25) is 0 Å². The average molecular weight is 503 g/mol. The third-order valence-corrected chi connectivity index (χ3v) is 6.69. The van der Waals surface area contributed by atoms with Crippen LogP contribution in [0.4, 0.5) is 0 Å². The second-order valence-electron chi connectivity index (χ2n) is 9.14. The Kier molecular flexibility index (Phi) is 8.65. The molecule has 5 rings (SSSR count). The van der Waals surface area contributed by atoms with Crippen molar-refractivity contribution in [2.75, 3.05) is 0 Å². The lowest BCUT2D eigenvalue weighted by Gasteiger charge is -2.17. The molecule has 0 spiro atoms. The van der Waals surface area contributed by atoms with Gasteiger partial charge in [-0.25, -0.2) is 0 Å². The predicted molar refractivity (Wildman–Crippen MR) is 150 cm³/mol. The number of nitrogens with zero attached hydrogens (tertiary/aromatic N) is 1. The molecule has 0 aliphatic heterocycles. The van der Waals surface area contributed by atoms with E-state index in [0.717, 1.165) is 29.4 Å². The molecule has 0 fully saturated rings. The third-order valence-electron chi connectivity index (χ3n) is 6.69. The van der Waals surface area contributed by atoms with Crippen molar-refractivity contribution in [1.29, 1.82) is 0 Å². The smallest absolute Gasteiger partial charge is 0.345 e. The number of carbonyl (C=O) groups is 1. The van der Waals surface area contributed by atoms with E-state index in [1.165, 1.54) is 22.4 Å². The first-order chi connectivity index (χ1) is 18.5. The van der Waals surface area contributed by atoms with E-state index in [4.69, 9.17) is 9.59 Å². The number of benzene rings is 4. The van der Waals surface area contributed by atoms with E-state index in [0.29, 0.717) is 5.56 Å². The lowest BCUT2D eigenvalue weighted by Crippen LogP contribution is -2.28. The Balaban J connectivity index is 0.00000107. The summed E-state index contributed by atoms with van der Waals surface area (Å²) < 4.78 is 2.31. The van der Waals surface area contributed by atoms with Crippen LogP contribution in [0, 0.1) is 6.92 Å². The summed E-state index contributed by atoms with van der Waals surface area (Å²) in [4.78, 5) is 29.3. The second kappa shape index (κ2) is 12.5. The van der Waals surface area contributed by atoms with E-state index >= 15 is 0 Å². The average Bonchev–Trinajstić information content (AvgIpc) is 3.27. The topological polar surface area (TPSA) is 68.2 Å². The quantitative estimate of drug-likeness (QED) is 0.261. The van der Waals surface area contributed by atoms with Gasteiger partial charge in [0.05, 0.1) is 6.04 Å². The minimum absolute atomic E-state index is 0.00425. The predicted octanol–water partition coefficient (Wildman–Crippen LogP) is 6.96. The van der Waals surface area contributed by atoms with Gasteiger partial charge in [0.1, 0.15) is 0 Å². The Hall–Kier alpha value is -4.73. The largest absolute Gasteiger partial charge is 0.373 e. The first kappa shape index (κ1) is 26.3. The van der Waals surface area contributed by atoms with Gasteiger partial charge < -0.3 is 9.88 Å². The summed E-state index contributed by atoms with van der Waals surface area (Å²) in [6.07, 6.45) is 1.09. The number of aromatic nitrogens is 1. The second-order valence-corrected chi connectivity index (χ2v) is 9.14. The van der Waals surface area contributed by atoms with Gasteiger partial charge in [0.15, 0.2) is 0 Å². The Bertz CT molecular complexity index is 1530. The summed E-state index contributed by atoms with van der Waals surface area (Å²) in [7, 11) is 0. The summed E-state index contributed by atoms with van der Waals surface area (Å²) in [6.45, 7) is 5.01. The number of amides is 1. The summed E-state index contributed by atoms with van der Waals surface area (Å²) >= 11 is 0. The Morgan fingerprint density at radius 2 is 1.42 bits per heavy atom. The minimum Gasteiger partial charge on any atom is -0.345 e. The lowest BCUT2D eigenvalue weighted by molar-refractivity contribution is -0.191. The van der Waals surface area contributed by atoms with Crippen LogP contribution >= 0.6 is 0 Å². The highest BCUT2D eigenvalue weighted by atomic mass is 16.2. The van der Waals surface area contributed by atoms with Gasteiger partial charge in [0.2, 0.25) is 0 Å². The highest BCUT2D eigenvalue weighted by molar-refractivity contribution is 5.98. The van der Waals surface area contributed by atoms with Crippen LogP contribution in [0.1, 0.15) is 46.6 Å². The maximum absolute atomic E-state index is 13.0. The molecule has 0 saturated heterocycles. The minimum atomic E-state index is -0.0375. The number of hydrogen-bond donors (Lipinski definition) is 1. The third kappa shape index (κ3) is 6.15. The molecule has 1 aromatic heterocycles. The molecule has 1 amide bonds. The molecule has 0 saturated carbocycles. The molecule has 5 aromatic rings. The molecule has 5 heteroatoms. The van der Waals surface area contributed by atoms with Crippen LogP contribution in [-0.4, -0.2) is 16.6 Å². The zero-order valence-electron chi connectivity index (χ0n) is 21.6. The number of hydrogen-bond acceptors (Lipinski definition) is 3.